The summed E-state index contributed by atoms with van der Waals surface area (Å²) < 4.78 is 33.7. The number of aryl methyl sites for hydroxylation is 1. The number of nitrogens with one attached hydrogen (secondary N) is 2. The molecule has 0 heterocycles. The minimum absolute atomic E-state index is 0.0394. The number of hydrogen-bond donors (Lipinski definition) is 2. The van der Waals surface area contributed by atoms with Crippen molar-refractivity contribution in [2.45, 2.75) is 25.2 Å². The average molecular weight is 473 g/mol. The van der Waals surface area contributed by atoms with Crippen molar-refractivity contribution < 1.29 is 17.9 Å². The van der Waals surface area contributed by atoms with Crippen LogP contribution in [0, 0.1) is 13.8 Å². The molecule has 3 rings (SSSR count). The van der Waals surface area contributed by atoms with Gasteiger partial charge in [0.05, 0.1) is 17.8 Å². The number of sulfonamides is 1. The van der Waals surface area contributed by atoms with Gasteiger partial charge in [0.2, 0.25) is 0 Å². The molecule has 2 N–H and O–H groups in total. The van der Waals surface area contributed by atoms with E-state index in [-0.39, 0.29) is 21.4 Å². The second-order valence-corrected chi connectivity index (χ2v) is 9.41. The van der Waals surface area contributed by atoms with Gasteiger partial charge in [0.1, 0.15) is 10.6 Å². The summed E-state index contributed by atoms with van der Waals surface area (Å²) in [6.45, 7) is 4.13. The Morgan fingerprint density at radius 3 is 2.44 bits per heavy atom. The van der Waals surface area contributed by atoms with Crippen molar-refractivity contribution in [1.82, 2.24) is 5.32 Å². The summed E-state index contributed by atoms with van der Waals surface area (Å²) in [5.41, 5.74) is 3.50. The molecular formula is C24H25ClN2O4S. The Hall–Kier alpha value is -3.03. The first kappa shape index (κ1) is 23.6. The highest BCUT2D eigenvalue weighted by atomic mass is 35.5. The summed E-state index contributed by atoms with van der Waals surface area (Å²) in [5, 5.41) is 2.85. The maximum atomic E-state index is 13.0. The lowest BCUT2D eigenvalue weighted by Gasteiger charge is -2.14. The summed E-state index contributed by atoms with van der Waals surface area (Å²) in [5.74, 6) is 0.389. The van der Waals surface area contributed by atoms with E-state index >= 15 is 0 Å². The van der Waals surface area contributed by atoms with Crippen LogP contribution in [0.2, 0.25) is 5.02 Å². The quantitative estimate of drug-likeness (QED) is 0.496. The van der Waals surface area contributed by atoms with Crippen LogP contribution in [-0.4, -0.2) is 28.0 Å². The number of carbonyl (C=O) groups is 1. The lowest BCUT2D eigenvalue weighted by atomic mass is 10.1. The van der Waals surface area contributed by atoms with Crippen molar-refractivity contribution in [1.29, 1.82) is 0 Å². The number of halogens is 1. The Kier molecular flexibility index (Phi) is 7.43. The van der Waals surface area contributed by atoms with Gasteiger partial charge in [-0.25, -0.2) is 8.42 Å². The summed E-state index contributed by atoms with van der Waals surface area (Å²) in [7, 11) is -2.38. The molecule has 0 unspecified atom stereocenters. The lowest BCUT2D eigenvalue weighted by Crippen LogP contribution is -2.26. The minimum Gasteiger partial charge on any atom is -0.497 e. The number of ether oxygens (including phenoxy) is 1. The van der Waals surface area contributed by atoms with Gasteiger partial charge >= 0.3 is 0 Å². The first-order valence-corrected chi connectivity index (χ1v) is 11.9. The Morgan fingerprint density at radius 1 is 1.03 bits per heavy atom. The van der Waals surface area contributed by atoms with Gasteiger partial charge in [-0.1, -0.05) is 35.9 Å². The fourth-order valence-electron chi connectivity index (χ4n) is 3.13. The second-order valence-electron chi connectivity index (χ2n) is 7.35. The molecule has 0 aliphatic carbocycles. The number of carbonyl (C=O) groups excluding carboxylic acids is 1. The van der Waals surface area contributed by atoms with Gasteiger partial charge in [-0.15, -0.1) is 0 Å². The maximum absolute atomic E-state index is 13.0. The zero-order valence-corrected chi connectivity index (χ0v) is 19.7. The largest absolute Gasteiger partial charge is 0.497 e. The molecule has 0 fully saturated rings. The molecular weight excluding hydrogens is 448 g/mol. The van der Waals surface area contributed by atoms with Crippen molar-refractivity contribution >= 4 is 33.2 Å². The third kappa shape index (κ3) is 5.60. The van der Waals surface area contributed by atoms with Crippen molar-refractivity contribution in [3.63, 3.8) is 0 Å². The van der Waals surface area contributed by atoms with Gasteiger partial charge in [-0.2, -0.15) is 0 Å². The van der Waals surface area contributed by atoms with Crippen LogP contribution in [0.4, 0.5) is 5.69 Å². The molecule has 0 saturated carbocycles. The Labute approximate surface area is 193 Å². The zero-order chi connectivity index (χ0) is 23.3. The Morgan fingerprint density at radius 2 is 1.75 bits per heavy atom. The summed E-state index contributed by atoms with van der Waals surface area (Å²) in [4.78, 5) is 12.4. The lowest BCUT2D eigenvalue weighted by molar-refractivity contribution is 0.0954. The molecule has 168 valence electrons. The number of amides is 1. The van der Waals surface area contributed by atoms with Crippen molar-refractivity contribution in [2.75, 3.05) is 18.4 Å². The van der Waals surface area contributed by atoms with Crippen molar-refractivity contribution in [3.8, 4) is 5.75 Å². The van der Waals surface area contributed by atoms with Crippen LogP contribution in [-0.2, 0) is 16.4 Å². The molecule has 6 nitrogen and oxygen atoms in total. The van der Waals surface area contributed by atoms with E-state index in [1.807, 2.05) is 44.2 Å². The van der Waals surface area contributed by atoms with Gasteiger partial charge in [0.15, 0.2) is 0 Å². The van der Waals surface area contributed by atoms with Gasteiger partial charge in [0.25, 0.3) is 15.9 Å². The van der Waals surface area contributed by atoms with Crippen LogP contribution in [0.15, 0.2) is 65.6 Å². The average Bonchev–Trinajstić information content (AvgIpc) is 2.77. The predicted molar refractivity (Wildman–Crippen MR) is 127 cm³/mol. The molecule has 8 heteroatoms. The zero-order valence-electron chi connectivity index (χ0n) is 18.1. The molecule has 0 saturated heterocycles. The van der Waals surface area contributed by atoms with E-state index in [4.69, 9.17) is 16.3 Å². The van der Waals surface area contributed by atoms with E-state index in [0.29, 0.717) is 18.7 Å². The van der Waals surface area contributed by atoms with Gasteiger partial charge in [-0.3, -0.25) is 9.52 Å². The molecule has 0 aliphatic heterocycles. The Balaban J connectivity index is 1.72. The van der Waals surface area contributed by atoms with Crippen molar-refractivity contribution in [2.24, 2.45) is 0 Å². The van der Waals surface area contributed by atoms with Crippen molar-refractivity contribution in [3.05, 3.63) is 87.9 Å². The van der Waals surface area contributed by atoms with Gasteiger partial charge < -0.3 is 10.1 Å². The molecule has 0 radical (unpaired) electrons. The third-order valence-electron chi connectivity index (χ3n) is 5.19. The summed E-state index contributed by atoms with van der Waals surface area (Å²) in [6, 6.07) is 17.1. The molecule has 0 bridgehead atoms. The molecule has 0 aromatic heterocycles. The number of hydrogen-bond acceptors (Lipinski definition) is 4. The minimum atomic E-state index is -3.98. The molecule has 32 heavy (non-hydrogen) atoms. The molecule has 3 aromatic carbocycles. The third-order valence-corrected chi connectivity index (χ3v) is 7.04. The SMILES string of the molecule is COc1ccc(CCNC(=O)c2ccc(Cl)c(S(=O)(=O)Nc3cccc(C)c3C)c2)cc1. The monoisotopic (exact) mass is 472 g/mol. The molecule has 1 amide bonds. The Bertz CT molecular complexity index is 1230. The molecule has 0 spiro atoms. The fraction of sp³-hybridized carbons (Fsp3) is 0.208. The standard InChI is InChI=1S/C24H25ClN2O4S/c1-16-5-4-6-22(17(16)2)27-32(29,30)23-15-19(9-12-21(23)25)24(28)26-14-13-18-7-10-20(31-3)11-8-18/h4-12,15,27H,13-14H2,1-3H3,(H,26,28). The van der Waals surface area contributed by atoms with E-state index in [1.165, 1.54) is 18.2 Å². The topological polar surface area (TPSA) is 84.5 Å². The highest BCUT2D eigenvalue weighted by Gasteiger charge is 2.21. The van der Waals surface area contributed by atoms with E-state index in [0.717, 1.165) is 22.4 Å². The molecule has 0 atom stereocenters. The first-order valence-electron chi connectivity index (χ1n) is 10.0. The van der Waals surface area contributed by atoms with Gasteiger partial charge in [-0.05, 0) is 73.4 Å². The van der Waals surface area contributed by atoms with Crippen LogP contribution < -0.4 is 14.8 Å². The van der Waals surface area contributed by atoms with Crippen LogP contribution in [0.1, 0.15) is 27.0 Å². The number of methoxy groups -OCH3 is 1. The number of anilines is 1. The van der Waals surface area contributed by atoms with Crippen LogP contribution in [0.3, 0.4) is 0 Å². The molecule has 0 aliphatic rings. The van der Waals surface area contributed by atoms with E-state index in [2.05, 4.69) is 10.0 Å². The fourth-order valence-corrected chi connectivity index (χ4v) is 4.78. The van der Waals surface area contributed by atoms with E-state index < -0.39 is 10.0 Å². The summed E-state index contributed by atoms with van der Waals surface area (Å²) >= 11 is 6.17. The van der Waals surface area contributed by atoms with E-state index in [9.17, 15) is 13.2 Å². The van der Waals surface area contributed by atoms with Crippen LogP contribution in [0.25, 0.3) is 0 Å². The van der Waals surface area contributed by atoms with Gasteiger partial charge in [0, 0.05) is 12.1 Å². The molecule has 3 aromatic rings. The van der Waals surface area contributed by atoms with E-state index in [1.54, 1.807) is 19.2 Å². The first-order chi connectivity index (χ1) is 15.2. The smallest absolute Gasteiger partial charge is 0.263 e. The number of rotatable bonds is 8. The predicted octanol–water partition coefficient (Wildman–Crippen LogP) is 4.74. The highest BCUT2D eigenvalue weighted by molar-refractivity contribution is 7.92. The summed E-state index contributed by atoms with van der Waals surface area (Å²) in [6.07, 6.45) is 0.628. The maximum Gasteiger partial charge on any atom is 0.263 e. The highest BCUT2D eigenvalue weighted by Crippen LogP contribution is 2.27. The number of benzene rings is 3. The van der Waals surface area contributed by atoms with Crippen LogP contribution in [0.5, 0.6) is 5.75 Å². The normalized spacial score (nSPS) is 11.1. The second kappa shape index (κ2) is 10.1. The van der Waals surface area contributed by atoms with Crippen LogP contribution >= 0.6 is 11.6 Å².